The maximum absolute atomic E-state index is 5.74. The van der Waals surface area contributed by atoms with Crippen LogP contribution in [0.3, 0.4) is 0 Å². The Kier molecular flexibility index (Phi) is 12.4. The minimum Gasteiger partial charge on any atom is -0.348 e. The van der Waals surface area contributed by atoms with Crippen LogP contribution in [0.4, 0.5) is 0 Å². The van der Waals surface area contributed by atoms with Gasteiger partial charge in [-0.3, -0.25) is 0 Å². The van der Waals surface area contributed by atoms with Crippen molar-refractivity contribution in [2.24, 2.45) is 0 Å². The molecule has 51 heavy (non-hydrogen) atoms. The molecule has 258 valence electrons. The Labute approximate surface area is 307 Å². The molecule has 4 aromatic carbocycles. The van der Waals surface area contributed by atoms with Crippen LogP contribution in [-0.2, 0) is 9.47 Å². The zero-order valence-electron chi connectivity index (χ0n) is 31.8. The second-order valence-electron chi connectivity index (χ2n) is 14.4. The standard InChI is InChI=1S/C48H50O2Si/c1-34(41-13-11-40(12-14-41)27-30-51(7,8)9)31-35(2)42-15-17-43(18-16-42)36(3)32-37(4)44-19-21-45(22-20-44)38(5)33-39(6)46-23-25-47(26-24-46)48-49-28-10-29-50-48/h11-26,48H,10,28-29H2,1-9H3. The van der Waals surface area contributed by atoms with Crippen molar-refractivity contribution in [3.05, 3.63) is 159 Å². The third kappa shape index (κ3) is 10.6. The molecule has 1 fully saturated rings. The summed E-state index contributed by atoms with van der Waals surface area (Å²) in [6, 6.07) is 34.3. The highest BCUT2D eigenvalue weighted by atomic mass is 28.3. The minimum absolute atomic E-state index is 0.260. The molecule has 0 spiro atoms. The molecule has 3 heteroatoms. The number of hydrogen-bond donors (Lipinski definition) is 0. The normalized spacial score (nSPS) is 12.7. The Morgan fingerprint density at radius 1 is 0.471 bits per heavy atom. The molecule has 4 aromatic rings. The van der Waals surface area contributed by atoms with Crippen LogP contribution in [0.1, 0.15) is 98.8 Å². The molecule has 5 rings (SSSR count). The molecule has 1 aliphatic rings. The Bertz CT molecular complexity index is 2120. The Morgan fingerprint density at radius 2 is 0.765 bits per heavy atom. The van der Waals surface area contributed by atoms with E-state index in [1.165, 1.54) is 0 Å². The topological polar surface area (TPSA) is 18.5 Å². The summed E-state index contributed by atoms with van der Waals surface area (Å²) in [5, 5.41) is 0. The lowest BCUT2D eigenvalue weighted by Crippen LogP contribution is -2.17. The second kappa shape index (κ2) is 16.9. The van der Waals surface area contributed by atoms with Gasteiger partial charge in [-0.2, -0.15) is 0 Å². The molecule has 0 aliphatic carbocycles. The summed E-state index contributed by atoms with van der Waals surface area (Å²) >= 11 is 0. The zero-order chi connectivity index (χ0) is 36.5. The highest BCUT2D eigenvalue weighted by molar-refractivity contribution is 6.83. The molecule has 2 nitrogen and oxygen atoms in total. The molecule has 0 atom stereocenters. The highest BCUT2D eigenvalue weighted by Gasteiger charge is 2.16. The lowest BCUT2D eigenvalue weighted by atomic mass is 9.98. The smallest absolute Gasteiger partial charge is 0.183 e. The van der Waals surface area contributed by atoms with Crippen molar-refractivity contribution in [3.8, 4) is 11.5 Å². The SMILES string of the molecule is CC(=C=C(C)c1ccc(C(C)=C=C(C)c2ccc(C(C)=C=C(C)c3ccc(C4OCCCO4)cc3)cc2)cc1)c1ccc(C#C[Si](C)(C)C)cc1. The highest BCUT2D eigenvalue weighted by Crippen LogP contribution is 2.26. The molecule has 1 saturated heterocycles. The van der Waals surface area contributed by atoms with Crippen molar-refractivity contribution < 1.29 is 9.47 Å². The van der Waals surface area contributed by atoms with Gasteiger partial charge in [-0.05, 0) is 127 Å². The molecular weight excluding hydrogens is 637 g/mol. The molecule has 1 heterocycles. The number of ether oxygens (including phenoxy) is 2. The molecule has 0 saturated carbocycles. The predicted molar refractivity (Wildman–Crippen MR) is 220 cm³/mol. The largest absolute Gasteiger partial charge is 0.348 e. The number of hydrogen-bond acceptors (Lipinski definition) is 2. The summed E-state index contributed by atoms with van der Waals surface area (Å²) < 4.78 is 11.5. The average Bonchev–Trinajstić information content (AvgIpc) is 3.14. The molecule has 0 unspecified atom stereocenters. The van der Waals surface area contributed by atoms with E-state index in [-0.39, 0.29) is 6.29 Å². The monoisotopic (exact) mass is 686 g/mol. The summed E-state index contributed by atoms with van der Waals surface area (Å²) in [6.45, 7) is 21.0. The van der Waals surface area contributed by atoms with Gasteiger partial charge in [-0.25, -0.2) is 0 Å². The summed E-state index contributed by atoms with van der Waals surface area (Å²) in [7, 11) is -1.39. The number of benzene rings is 4. The van der Waals surface area contributed by atoms with Crippen LogP contribution >= 0.6 is 0 Å². The first-order chi connectivity index (χ1) is 24.4. The lowest BCUT2D eigenvalue weighted by molar-refractivity contribution is -0.183. The Hall–Kier alpha value is -4.86. The Balaban J connectivity index is 1.27. The molecule has 1 aliphatic heterocycles. The average molecular weight is 687 g/mol. The van der Waals surface area contributed by atoms with Gasteiger partial charge < -0.3 is 9.47 Å². The maximum atomic E-state index is 5.74. The minimum atomic E-state index is -1.39. The van der Waals surface area contributed by atoms with Gasteiger partial charge in [0.1, 0.15) is 8.07 Å². The molecule has 0 amide bonds. The second-order valence-corrected chi connectivity index (χ2v) is 19.2. The fraction of sp³-hybridized carbons (Fsp3) is 0.271. The first-order valence-corrected chi connectivity index (χ1v) is 21.4. The van der Waals surface area contributed by atoms with E-state index in [0.717, 1.165) is 97.6 Å². The maximum Gasteiger partial charge on any atom is 0.183 e. The van der Waals surface area contributed by atoms with Gasteiger partial charge in [0.2, 0.25) is 0 Å². The van der Waals surface area contributed by atoms with E-state index in [9.17, 15) is 0 Å². The molecule has 0 bridgehead atoms. The van der Waals surface area contributed by atoms with Crippen molar-refractivity contribution in [1.82, 2.24) is 0 Å². The third-order valence-corrected chi connectivity index (χ3v) is 9.84. The van der Waals surface area contributed by atoms with E-state index < -0.39 is 8.07 Å². The van der Waals surface area contributed by atoms with E-state index in [4.69, 9.17) is 9.47 Å². The van der Waals surface area contributed by atoms with Crippen molar-refractivity contribution in [2.45, 2.75) is 73.9 Å². The van der Waals surface area contributed by atoms with E-state index in [0.29, 0.717) is 0 Å². The van der Waals surface area contributed by atoms with Crippen molar-refractivity contribution in [2.75, 3.05) is 13.2 Å². The van der Waals surface area contributed by atoms with Crippen LogP contribution < -0.4 is 0 Å². The van der Waals surface area contributed by atoms with Crippen LogP contribution in [0.25, 0.3) is 33.4 Å². The zero-order valence-corrected chi connectivity index (χ0v) is 32.8. The summed E-state index contributed by atoms with van der Waals surface area (Å²) in [5.41, 5.74) is 29.9. The van der Waals surface area contributed by atoms with Gasteiger partial charge in [0.25, 0.3) is 0 Å². The van der Waals surface area contributed by atoms with Crippen molar-refractivity contribution >= 4 is 41.5 Å². The van der Waals surface area contributed by atoms with E-state index >= 15 is 0 Å². The molecule has 0 radical (unpaired) electrons. The van der Waals surface area contributed by atoms with Crippen LogP contribution in [0.2, 0.25) is 19.6 Å². The van der Waals surface area contributed by atoms with Gasteiger partial charge in [-0.1, -0.05) is 110 Å². The van der Waals surface area contributed by atoms with Crippen molar-refractivity contribution in [3.63, 3.8) is 0 Å². The Morgan fingerprint density at radius 3 is 1.08 bits per heavy atom. The predicted octanol–water partition coefficient (Wildman–Crippen LogP) is 12.7. The molecule has 0 aromatic heterocycles. The summed E-state index contributed by atoms with van der Waals surface area (Å²) in [6.07, 6.45) is 0.691. The summed E-state index contributed by atoms with van der Waals surface area (Å²) in [5.74, 6) is 3.34. The first-order valence-electron chi connectivity index (χ1n) is 17.9. The van der Waals surface area contributed by atoms with Crippen LogP contribution in [0, 0.1) is 11.5 Å². The van der Waals surface area contributed by atoms with Gasteiger partial charge in [0.05, 0.1) is 13.2 Å². The van der Waals surface area contributed by atoms with Gasteiger partial charge >= 0.3 is 0 Å². The molecule has 0 N–H and O–H groups in total. The number of allylic oxidation sites excluding steroid dienone is 3. The van der Waals surface area contributed by atoms with E-state index in [1.54, 1.807) is 0 Å². The van der Waals surface area contributed by atoms with Crippen LogP contribution in [0.5, 0.6) is 0 Å². The third-order valence-electron chi connectivity index (χ3n) is 8.97. The quantitative estimate of drug-likeness (QED) is 0.109. The van der Waals surface area contributed by atoms with Gasteiger partial charge in [0.15, 0.2) is 6.29 Å². The molecular formula is C48H50O2Si. The fourth-order valence-corrected chi connectivity index (χ4v) is 6.37. The lowest BCUT2D eigenvalue weighted by Gasteiger charge is -2.23. The fourth-order valence-electron chi connectivity index (χ4n) is 5.85. The number of rotatable bonds is 7. The van der Waals surface area contributed by atoms with Gasteiger partial charge in [-0.15, -0.1) is 22.7 Å². The van der Waals surface area contributed by atoms with Gasteiger partial charge in [0, 0.05) is 11.1 Å². The first kappa shape index (κ1) is 37.4. The summed E-state index contributed by atoms with van der Waals surface area (Å²) in [4.78, 5) is 0. The van der Waals surface area contributed by atoms with E-state index in [2.05, 4.69) is 187 Å². The van der Waals surface area contributed by atoms with Crippen LogP contribution in [-0.4, -0.2) is 21.3 Å². The van der Waals surface area contributed by atoms with Crippen LogP contribution in [0.15, 0.2) is 114 Å². The van der Waals surface area contributed by atoms with E-state index in [1.807, 2.05) is 0 Å². The van der Waals surface area contributed by atoms with Crippen molar-refractivity contribution in [1.29, 1.82) is 0 Å².